The molecule has 0 atom stereocenters. The molecule has 0 bridgehead atoms. The average molecular weight is 293 g/mol. The molecule has 1 aromatic carbocycles. The van der Waals surface area contributed by atoms with Crippen molar-refractivity contribution in [2.45, 2.75) is 25.2 Å². The standard InChI is InChI=1S/C15H19NO5/c1-20-13-5-3-11(4-6-13)12-7-15(8-12,10-16(18)19)9-14(17)21-2/h3-6,12H,7-10H2,1-2H3. The summed E-state index contributed by atoms with van der Waals surface area (Å²) in [7, 11) is 2.92. The van der Waals surface area contributed by atoms with E-state index in [-0.39, 0.29) is 29.8 Å². The topological polar surface area (TPSA) is 78.7 Å². The van der Waals surface area contributed by atoms with Crippen molar-refractivity contribution in [1.29, 1.82) is 0 Å². The van der Waals surface area contributed by atoms with Gasteiger partial charge in [-0.25, -0.2) is 0 Å². The van der Waals surface area contributed by atoms with Crippen molar-refractivity contribution in [3.8, 4) is 5.75 Å². The van der Waals surface area contributed by atoms with Gasteiger partial charge in [0.15, 0.2) is 0 Å². The molecule has 114 valence electrons. The molecular weight excluding hydrogens is 274 g/mol. The molecule has 6 nitrogen and oxygen atoms in total. The zero-order valence-corrected chi connectivity index (χ0v) is 12.2. The molecule has 1 aromatic rings. The molecule has 2 rings (SSSR count). The zero-order valence-electron chi connectivity index (χ0n) is 12.2. The lowest BCUT2D eigenvalue weighted by Crippen LogP contribution is -2.43. The van der Waals surface area contributed by atoms with E-state index in [1.165, 1.54) is 7.11 Å². The normalized spacial score (nSPS) is 24.0. The first-order chi connectivity index (χ1) is 9.98. The Kier molecular flexibility index (Phi) is 4.45. The van der Waals surface area contributed by atoms with Crippen LogP contribution in [0.25, 0.3) is 0 Å². The van der Waals surface area contributed by atoms with Crippen LogP contribution in [0.15, 0.2) is 24.3 Å². The predicted molar refractivity (Wildman–Crippen MR) is 75.9 cm³/mol. The fourth-order valence-electron chi connectivity index (χ4n) is 3.08. The zero-order chi connectivity index (χ0) is 15.5. The van der Waals surface area contributed by atoms with Gasteiger partial charge in [0, 0.05) is 10.3 Å². The van der Waals surface area contributed by atoms with Crippen LogP contribution < -0.4 is 4.74 Å². The molecule has 0 radical (unpaired) electrons. The van der Waals surface area contributed by atoms with Crippen LogP contribution in [0.4, 0.5) is 0 Å². The highest BCUT2D eigenvalue weighted by atomic mass is 16.6. The van der Waals surface area contributed by atoms with Crippen LogP contribution in [0.2, 0.25) is 0 Å². The number of carbonyl (C=O) groups is 1. The molecule has 0 N–H and O–H groups in total. The van der Waals surface area contributed by atoms with E-state index in [1.807, 2.05) is 24.3 Å². The third-order valence-corrected chi connectivity index (χ3v) is 4.16. The third-order valence-electron chi connectivity index (χ3n) is 4.16. The van der Waals surface area contributed by atoms with Gasteiger partial charge >= 0.3 is 5.97 Å². The number of benzene rings is 1. The van der Waals surface area contributed by atoms with Crippen LogP contribution in [0.1, 0.15) is 30.7 Å². The van der Waals surface area contributed by atoms with Crippen molar-refractivity contribution >= 4 is 5.97 Å². The highest BCUT2D eigenvalue weighted by molar-refractivity contribution is 5.70. The average Bonchev–Trinajstić information content (AvgIpc) is 2.43. The van der Waals surface area contributed by atoms with Crippen LogP contribution in [-0.2, 0) is 9.53 Å². The molecule has 0 amide bonds. The van der Waals surface area contributed by atoms with E-state index in [0.717, 1.165) is 11.3 Å². The van der Waals surface area contributed by atoms with Crippen molar-refractivity contribution in [3.05, 3.63) is 39.9 Å². The SMILES string of the molecule is COC(=O)CC1(C[N+](=O)[O-])CC(c2ccc(OC)cc2)C1. The molecule has 0 heterocycles. The number of ether oxygens (including phenoxy) is 2. The van der Waals surface area contributed by atoms with Crippen LogP contribution in [0.5, 0.6) is 5.75 Å². The first-order valence-electron chi connectivity index (χ1n) is 6.80. The second-order valence-corrected chi connectivity index (χ2v) is 5.62. The number of esters is 1. The molecule has 21 heavy (non-hydrogen) atoms. The Morgan fingerprint density at radius 2 is 1.95 bits per heavy atom. The van der Waals surface area contributed by atoms with Gasteiger partial charge in [-0.15, -0.1) is 0 Å². The Balaban J connectivity index is 2.04. The van der Waals surface area contributed by atoms with E-state index in [0.29, 0.717) is 12.8 Å². The van der Waals surface area contributed by atoms with E-state index in [9.17, 15) is 14.9 Å². The molecule has 0 aromatic heterocycles. The Bertz CT molecular complexity index is 519. The lowest BCUT2D eigenvalue weighted by atomic mass is 9.58. The third kappa shape index (κ3) is 3.51. The summed E-state index contributed by atoms with van der Waals surface area (Å²) in [6.45, 7) is -0.186. The Hall–Kier alpha value is -2.11. The number of rotatable bonds is 6. The lowest BCUT2D eigenvalue weighted by molar-refractivity contribution is -0.502. The number of methoxy groups -OCH3 is 2. The highest BCUT2D eigenvalue weighted by Gasteiger charge is 2.50. The summed E-state index contributed by atoms with van der Waals surface area (Å²) in [5, 5.41) is 10.8. The quantitative estimate of drug-likeness (QED) is 0.457. The monoisotopic (exact) mass is 293 g/mol. The molecule has 1 saturated carbocycles. The molecule has 6 heteroatoms. The largest absolute Gasteiger partial charge is 0.497 e. The van der Waals surface area contributed by atoms with E-state index < -0.39 is 5.41 Å². The minimum atomic E-state index is -0.568. The van der Waals surface area contributed by atoms with Crippen molar-refractivity contribution in [2.75, 3.05) is 20.8 Å². The molecular formula is C15H19NO5. The van der Waals surface area contributed by atoms with Crippen molar-refractivity contribution in [2.24, 2.45) is 5.41 Å². The lowest BCUT2D eigenvalue weighted by Gasteiger charge is -2.44. The van der Waals surface area contributed by atoms with Crippen LogP contribution in [0, 0.1) is 15.5 Å². The summed E-state index contributed by atoms with van der Waals surface area (Å²) in [5.41, 5.74) is 0.556. The van der Waals surface area contributed by atoms with Gasteiger partial charge in [-0.3, -0.25) is 14.9 Å². The Morgan fingerprint density at radius 3 is 2.43 bits per heavy atom. The van der Waals surface area contributed by atoms with Crippen molar-refractivity contribution in [1.82, 2.24) is 0 Å². The van der Waals surface area contributed by atoms with Crippen molar-refractivity contribution < 1.29 is 19.2 Å². The van der Waals surface area contributed by atoms with E-state index in [4.69, 9.17) is 4.74 Å². The maximum Gasteiger partial charge on any atom is 0.306 e. The second-order valence-electron chi connectivity index (χ2n) is 5.62. The van der Waals surface area contributed by atoms with Crippen LogP contribution >= 0.6 is 0 Å². The maximum absolute atomic E-state index is 11.5. The molecule has 0 aliphatic heterocycles. The fourth-order valence-corrected chi connectivity index (χ4v) is 3.08. The number of nitrogens with zero attached hydrogens (tertiary/aromatic N) is 1. The molecule has 0 saturated heterocycles. The number of hydrogen-bond donors (Lipinski definition) is 0. The predicted octanol–water partition coefficient (Wildman–Crippen LogP) is 2.40. The summed E-state index contributed by atoms with van der Waals surface area (Å²) in [6, 6.07) is 7.70. The molecule has 1 aliphatic carbocycles. The van der Waals surface area contributed by atoms with Crippen LogP contribution in [0.3, 0.4) is 0 Å². The van der Waals surface area contributed by atoms with Gasteiger partial charge in [0.05, 0.1) is 20.6 Å². The summed E-state index contributed by atoms with van der Waals surface area (Å²) in [5.74, 6) is 0.648. The first kappa shape index (κ1) is 15.3. The van der Waals surface area contributed by atoms with Gasteiger partial charge in [0.1, 0.15) is 5.75 Å². The summed E-state index contributed by atoms with van der Waals surface area (Å²) < 4.78 is 9.77. The van der Waals surface area contributed by atoms with Gasteiger partial charge in [-0.1, -0.05) is 12.1 Å². The van der Waals surface area contributed by atoms with Gasteiger partial charge in [0.2, 0.25) is 6.54 Å². The highest BCUT2D eigenvalue weighted by Crippen LogP contribution is 2.53. The molecule has 1 fully saturated rings. The second kappa shape index (κ2) is 6.11. The van der Waals surface area contributed by atoms with Crippen molar-refractivity contribution in [3.63, 3.8) is 0 Å². The summed E-state index contributed by atoms with van der Waals surface area (Å²) in [6.07, 6.45) is 1.38. The fraction of sp³-hybridized carbons (Fsp3) is 0.533. The smallest absolute Gasteiger partial charge is 0.306 e. The molecule has 0 unspecified atom stereocenters. The van der Waals surface area contributed by atoms with E-state index >= 15 is 0 Å². The maximum atomic E-state index is 11.5. The number of hydrogen-bond acceptors (Lipinski definition) is 5. The number of nitro groups is 1. The van der Waals surface area contributed by atoms with E-state index in [1.54, 1.807) is 7.11 Å². The minimum absolute atomic E-state index is 0.108. The van der Waals surface area contributed by atoms with Gasteiger partial charge in [-0.05, 0) is 36.5 Å². The molecule has 0 spiro atoms. The first-order valence-corrected chi connectivity index (χ1v) is 6.80. The van der Waals surface area contributed by atoms with Crippen LogP contribution in [-0.4, -0.2) is 31.7 Å². The Morgan fingerprint density at radius 1 is 1.33 bits per heavy atom. The summed E-state index contributed by atoms with van der Waals surface area (Å²) in [4.78, 5) is 22.0. The Labute approximate surface area is 123 Å². The van der Waals surface area contributed by atoms with Gasteiger partial charge in [-0.2, -0.15) is 0 Å². The van der Waals surface area contributed by atoms with Gasteiger partial charge < -0.3 is 9.47 Å². The summed E-state index contributed by atoms with van der Waals surface area (Å²) >= 11 is 0. The van der Waals surface area contributed by atoms with Gasteiger partial charge in [0.25, 0.3) is 0 Å². The molecule has 1 aliphatic rings. The van der Waals surface area contributed by atoms with E-state index in [2.05, 4.69) is 4.74 Å². The minimum Gasteiger partial charge on any atom is -0.497 e. The number of carbonyl (C=O) groups excluding carboxylic acids is 1.